The molecule has 25 heavy (non-hydrogen) atoms. The zero-order valence-corrected chi connectivity index (χ0v) is 18.5. The number of hydrogen-bond acceptors (Lipinski definition) is 3. The summed E-state index contributed by atoms with van der Waals surface area (Å²) in [4.78, 5) is 6.37. The van der Waals surface area contributed by atoms with Gasteiger partial charge < -0.3 is 10.2 Å². The van der Waals surface area contributed by atoms with Crippen LogP contribution < -0.4 is 10.0 Å². The second-order valence-electron chi connectivity index (χ2n) is 6.41. The topological polar surface area (TPSA) is 73.8 Å². The minimum Gasteiger partial charge on any atom is -0.357 e. The highest BCUT2D eigenvalue weighted by Crippen LogP contribution is 2.08. The molecule has 0 saturated carbocycles. The average Bonchev–Trinajstić information content (AvgIpc) is 2.40. The molecule has 0 saturated heterocycles. The van der Waals surface area contributed by atoms with Gasteiger partial charge in [0, 0.05) is 25.7 Å². The fourth-order valence-electron chi connectivity index (χ4n) is 2.26. The lowest BCUT2D eigenvalue weighted by molar-refractivity contribution is 0.446. The summed E-state index contributed by atoms with van der Waals surface area (Å²) in [6.45, 7) is 6.93. The number of guanidine groups is 1. The molecule has 0 aliphatic rings. The van der Waals surface area contributed by atoms with Crippen LogP contribution in [0.1, 0.15) is 26.3 Å². The molecule has 0 fully saturated rings. The molecule has 1 rings (SSSR count). The fraction of sp³-hybridized carbons (Fsp3) is 0.562. The fourth-order valence-corrected chi connectivity index (χ4v) is 3.33. The van der Waals surface area contributed by atoms with Crippen molar-refractivity contribution in [3.63, 3.8) is 0 Å². The summed E-state index contributed by atoms with van der Waals surface area (Å²) in [6, 6.07) is 6.40. The molecule has 0 radical (unpaired) electrons. The maximum Gasteiger partial charge on any atom is 0.209 e. The molecule has 2 N–H and O–H groups in total. The second-order valence-corrected chi connectivity index (χ2v) is 8.16. The van der Waals surface area contributed by atoms with E-state index >= 15 is 0 Å². The Kier molecular flexibility index (Phi) is 9.88. The number of nitrogens with one attached hydrogen (secondary N) is 2. The van der Waals surface area contributed by atoms with E-state index < -0.39 is 15.6 Å². The molecule has 0 amide bonds. The summed E-state index contributed by atoms with van der Waals surface area (Å²) >= 11 is 0. The highest BCUT2D eigenvalue weighted by atomic mass is 127. The molecule has 0 unspecified atom stereocenters. The maximum absolute atomic E-state index is 13.3. The largest absolute Gasteiger partial charge is 0.357 e. The molecule has 1 aromatic carbocycles. The molecular formula is C16H28FIN4O2S. The standard InChI is InChI=1S/C16H27FN4O2S.HI/c1-6-18-15(19-12-16(2,3)20-24(5,22)23)21(4)11-13-8-7-9-14(17)10-13;/h7-10,20H,6,11-12H2,1-5H3,(H,18,19);1H. The summed E-state index contributed by atoms with van der Waals surface area (Å²) in [5, 5.41) is 3.16. The highest BCUT2D eigenvalue weighted by molar-refractivity contribution is 14.0. The number of aliphatic imine (C=N–C) groups is 1. The maximum atomic E-state index is 13.3. The van der Waals surface area contributed by atoms with Crippen LogP contribution in [0, 0.1) is 5.82 Å². The first kappa shape index (κ1) is 24.1. The van der Waals surface area contributed by atoms with E-state index in [4.69, 9.17) is 0 Å². The van der Waals surface area contributed by atoms with E-state index in [2.05, 4.69) is 15.0 Å². The van der Waals surface area contributed by atoms with Gasteiger partial charge in [-0.25, -0.2) is 17.5 Å². The first-order chi connectivity index (χ1) is 11.0. The highest BCUT2D eigenvalue weighted by Gasteiger charge is 2.22. The zero-order chi connectivity index (χ0) is 18.4. The lowest BCUT2D eigenvalue weighted by atomic mass is 10.1. The predicted octanol–water partition coefficient (Wildman–Crippen LogP) is 2.17. The third-order valence-electron chi connectivity index (χ3n) is 3.09. The van der Waals surface area contributed by atoms with Crippen molar-refractivity contribution >= 4 is 40.0 Å². The van der Waals surface area contributed by atoms with E-state index in [-0.39, 0.29) is 36.3 Å². The van der Waals surface area contributed by atoms with Crippen LogP contribution in [0.3, 0.4) is 0 Å². The van der Waals surface area contributed by atoms with Crippen molar-refractivity contribution in [2.45, 2.75) is 32.9 Å². The van der Waals surface area contributed by atoms with Crippen molar-refractivity contribution in [2.75, 3.05) is 26.4 Å². The van der Waals surface area contributed by atoms with Crippen LogP contribution in [0.25, 0.3) is 0 Å². The van der Waals surface area contributed by atoms with Gasteiger partial charge in [-0.1, -0.05) is 12.1 Å². The van der Waals surface area contributed by atoms with Crippen LogP contribution in [0.5, 0.6) is 0 Å². The Morgan fingerprint density at radius 3 is 2.52 bits per heavy atom. The molecule has 144 valence electrons. The molecule has 0 bridgehead atoms. The van der Waals surface area contributed by atoms with Gasteiger partial charge >= 0.3 is 0 Å². The number of nitrogens with zero attached hydrogens (tertiary/aromatic N) is 2. The lowest BCUT2D eigenvalue weighted by Gasteiger charge is -2.26. The molecule has 0 atom stereocenters. The monoisotopic (exact) mass is 486 g/mol. The Morgan fingerprint density at radius 1 is 1.36 bits per heavy atom. The summed E-state index contributed by atoms with van der Waals surface area (Å²) in [7, 11) is -1.46. The van der Waals surface area contributed by atoms with Gasteiger partial charge in [-0.2, -0.15) is 0 Å². The van der Waals surface area contributed by atoms with E-state index in [1.807, 2.05) is 24.9 Å². The average molecular weight is 486 g/mol. The summed E-state index contributed by atoms with van der Waals surface area (Å²) < 4.78 is 38.7. The van der Waals surface area contributed by atoms with Crippen molar-refractivity contribution in [1.29, 1.82) is 0 Å². The van der Waals surface area contributed by atoms with E-state index in [1.54, 1.807) is 19.9 Å². The van der Waals surface area contributed by atoms with Gasteiger partial charge in [-0.05, 0) is 38.5 Å². The van der Waals surface area contributed by atoms with E-state index in [0.29, 0.717) is 19.0 Å². The Balaban J connectivity index is 0.00000576. The minimum atomic E-state index is -3.31. The van der Waals surface area contributed by atoms with Crippen LogP contribution in [-0.2, 0) is 16.6 Å². The third-order valence-corrected chi connectivity index (χ3v) is 4.01. The van der Waals surface area contributed by atoms with Gasteiger partial charge in [-0.15, -0.1) is 24.0 Å². The Morgan fingerprint density at radius 2 is 2.00 bits per heavy atom. The van der Waals surface area contributed by atoms with Crippen LogP contribution in [0.15, 0.2) is 29.3 Å². The number of benzene rings is 1. The number of sulfonamides is 1. The van der Waals surface area contributed by atoms with Crippen LogP contribution in [0.4, 0.5) is 4.39 Å². The number of hydrogen-bond donors (Lipinski definition) is 2. The van der Waals surface area contributed by atoms with Gasteiger partial charge in [0.2, 0.25) is 10.0 Å². The van der Waals surface area contributed by atoms with Gasteiger partial charge in [0.15, 0.2) is 5.96 Å². The van der Waals surface area contributed by atoms with Crippen LogP contribution in [-0.4, -0.2) is 51.2 Å². The number of rotatable bonds is 7. The zero-order valence-electron chi connectivity index (χ0n) is 15.3. The van der Waals surface area contributed by atoms with Gasteiger partial charge in [0.25, 0.3) is 0 Å². The van der Waals surface area contributed by atoms with Crippen molar-refractivity contribution in [3.8, 4) is 0 Å². The molecule has 0 aromatic heterocycles. The molecule has 0 heterocycles. The summed E-state index contributed by atoms with van der Waals surface area (Å²) in [5.74, 6) is 0.353. The SMILES string of the molecule is CCNC(=NCC(C)(C)NS(C)(=O)=O)N(C)Cc1cccc(F)c1.I. The van der Waals surface area contributed by atoms with Gasteiger partial charge in [0.05, 0.1) is 12.8 Å². The van der Waals surface area contributed by atoms with Crippen molar-refractivity contribution in [1.82, 2.24) is 14.9 Å². The Bertz CT molecular complexity index is 680. The second kappa shape index (κ2) is 10.3. The molecular weight excluding hydrogens is 458 g/mol. The molecule has 0 aliphatic heterocycles. The van der Waals surface area contributed by atoms with Crippen molar-refractivity contribution < 1.29 is 12.8 Å². The molecule has 0 spiro atoms. The van der Waals surface area contributed by atoms with Gasteiger partial charge in [0.1, 0.15) is 5.82 Å². The summed E-state index contributed by atoms with van der Waals surface area (Å²) in [5.41, 5.74) is 0.130. The minimum absolute atomic E-state index is 0. The lowest BCUT2D eigenvalue weighted by Crippen LogP contribution is -2.46. The van der Waals surface area contributed by atoms with Gasteiger partial charge in [-0.3, -0.25) is 4.99 Å². The first-order valence-electron chi connectivity index (χ1n) is 7.75. The van der Waals surface area contributed by atoms with Crippen LogP contribution >= 0.6 is 24.0 Å². The molecule has 0 aliphatic carbocycles. The van der Waals surface area contributed by atoms with E-state index in [1.165, 1.54) is 12.1 Å². The third kappa shape index (κ3) is 9.95. The Labute approximate surface area is 167 Å². The van der Waals surface area contributed by atoms with Crippen LogP contribution in [0.2, 0.25) is 0 Å². The smallest absolute Gasteiger partial charge is 0.209 e. The summed E-state index contributed by atoms with van der Waals surface area (Å²) in [6.07, 6.45) is 1.12. The first-order valence-corrected chi connectivity index (χ1v) is 9.64. The predicted molar refractivity (Wildman–Crippen MR) is 111 cm³/mol. The van der Waals surface area contributed by atoms with E-state index in [9.17, 15) is 12.8 Å². The number of halogens is 2. The quantitative estimate of drug-likeness (QED) is 0.352. The molecule has 1 aromatic rings. The normalized spacial score (nSPS) is 12.5. The van der Waals surface area contributed by atoms with E-state index in [0.717, 1.165) is 11.8 Å². The Hall–Kier alpha value is -0.940. The van der Waals surface area contributed by atoms with Crippen molar-refractivity contribution in [3.05, 3.63) is 35.6 Å². The van der Waals surface area contributed by atoms with Crippen molar-refractivity contribution in [2.24, 2.45) is 4.99 Å². The molecule has 9 heteroatoms. The molecule has 6 nitrogen and oxygen atoms in total.